The molecule has 0 aliphatic rings. The maximum Gasteiger partial charge on any atom is 0.146 e. The van der Waals surface area contributed by atoms with Gasteiger partial charge >= 0.3 is 0 Å². The molecule has 0 atom stereocenters. The highest BCUT2D eigenvalue weighted by Crippen LogP contribution is 2.21. The second kappa shape index (κ2) is 5.18. The molecule has 1 aromatic heterocycles. The van der Waals surface area contributed by atoms with Crippen molar-refractivity contribution < 1.29 is 9.50 Å². The van der Waals surface area contributed by atoms with Gasteiger partial charge in [0.25, 0.3) is 0 Å². The zero-order valence-electron chi connectivity index (χ0n) is 10.5. The summed E-state index contributed by atoms with van der Waals surface area (Å²) in [6, 6.07) is 4.75. The number of benzene rings is 1. The fourth-order valence-corrected chi connectivity index (χ4v) is 1.87. The molecule has 0 spiro atoms. The van der Waals surface area contributed by atoms with Crippen LogP contribution in [0.1, 0.15) is 11.1 Å². The van der Waals surface area contributed by atoms with Gasteiger partial charge in [0.15, 0.2) is 0 Å². The molecule has 0 bridgehead atoms. The Morgan fingerprint density at radius 1 is 1.39 bits per heavy atom. The fraction of sp³-hybridized carbons (Fsp3) is 0.308. The minimum Gasteiger partial charge on any atom is -0.392 e. The summed E-state index contributed by atoms with van der Waals surface area (Å²) in [6.07, 6.45) is 3.66. The van der Waals surface area contributed by atoms with E-state index >= 15 is 0 Å². The van der Waals surface area contributed by atoms with E-state index in [0.29, 0.717) is 17.8 Å². The fourth-order valence-electron chi connectivity index (χ4n) is 1.87. The second-order valence-corrected chi connectivity index (χ2v) is 4.32. The molecule has 0 amide bonds. The summed E-state index contributed by atoms with van der Waals surface area (Å²) in [5, 5.41) is 13.0. The van der Waals surface area contributed by atoms with E-state index in [1.807, 2.05) is 25.2 Å². The van der Waals surface area contributed by atoms with E-state index in [4.69, 9.17) is 5.11 Å². The Morgan fingerprint density at radius 3 is 2.72 bits per heavy atom. The minimum atomic E-state index is -0.326. The van der Waals surface area contributed by atoms with Gasteiger partial charge in [0.1, 0.15) is 5.82 Å². The Labute approximate surface area is 105 Å². The number of aryl methyl sites for hydroxylation is 1. The predicted octanol–water partition coefficient (Wildman–Crippen LogP) is 1.69. The third-order valence-corrected chi connectivity index (χ3v) is 2.78. The lowest BCUT2D eigenvalue weighted by atomic mass is 10.2. The van der Waals surface area contributed by atoms with Gasteiger partial charge < -0.3 is 10.0 Å². The zero-order chi connectivity index (χ0) is 13.1. The first-order chi connectivity index (χ1) is 8.60. The maximum absolute atomic E-state index is 13.8. The molecule has 96 valence electrons. The van der Waals surface area contributed by atoms with Gasteiger partial charge in [-0.1, -0.05) is 6.07 Å². The van der Waals surface area contributed by atoms with Crippen molar-refractivity contribution in [2.75, 3.05) is 11.9 Å². The van der Waals surface area contributed by atoms with Gasteiger partial charge in [-0.15, -0.1) is 0 Å². The van der Waals surface area contributed by atoms with Crippen molar-refractivity contribution >= 4 is 5.69 Å². The predicted molar refractivity (Wildman–Crippen MR) is 67.6 cm³/mol. The van der Waals surface area contributed by atoms with Crippen LogP contribution in [0.15, 0.2) is 30.6 Å². The average Bonchev–Trinajstić information content (AvgIpc) is 2.74. The Morgan fingerprint density at radius 2 is 2.17 bits per heavy atom. The van der Waals surface area contributed by atoms with Crippen LogP contribution < -0.4 is 4.90 Å². The van der Waals surface area contributed by atoms with E-state index in [-0.39, 0.29) is 12.4 Å². The summed E-state index contributed by atoms with van der Waals surface area (Å²) in [5.74, 6) is -0.326. The molecular weight excluding hydrogens is 233 g/mol. The molecular formula is C13H16FN3O. The molecule has 0 saturated carbocycles. The van der Waals surface area contributed by atoms with Crippen LogP contribution >= 0.6 is 0 Å². The lowest BCUT2D eigenvalue weighted by Gasteiger charge is -2.19. The van der Waals surface area contributed by atoms with Crippen LogP contribution in [-0.4, -0.2) is 21.9 Å². The smallest absolute Gasteiger partial charge is 0.146 e. The number of rotatable bonds is 4. The van der Waals surface area contributed by atoms with Crippen LogP contribution in [0.2, 0.25) is 0 Å². The highest BCUT2D eigenvalue weighted by Gasteiger charge is 2.09. The van der Waals surface area contributed by atoms with Gasteiger partial charge in [-0.25, -0.2) is 4.39 Å². The molecule has 2 aromatic rings. The Kier molecular flexibility index (Phi) is 3.62. The summed E-state index contributed by atoms with van der Waals surface area (Å²) in [7, 11) is 3.67. The van der Waals surface area contributed by atoms with E-state index in [1.54, 1.807) is 23.0 Å². The highest BCUT2D eigenvalue weighted by molar-refractivity contribution is 5.48. The molecule has 0 unspecified atom stereocenters. The Bertz CT molecular complexity index is 539. The number of nitrogens with zero attached hydrogens (tertiary/aromatic N) is 3. The van der Waals surface area contributed by atoms with Crippen molar-refractivity contribution in [1.82, 2.24) is 9.78 Å². The summed E-state index contributed by atoms with van der Waals surface area (Å²) in [4.78, 5) is 1.81. The molecule has 0 aliphatic carbocycles. The van der Waals surface area contributed by atoms with Crippen molar-refractivity contribution in [3.63, 3.8) is 0 Å². The first kappa shape index (κ1) is 12.6. The van der Waals surface area contributed by atoms with Gasteiger partial charge in [0.05, 0.1) is 18.5 Å². The molecule has 1 N–H and O–H groups in total. The number of anilines is 1. The van der Waals surface area contributed by atoms with Crippen LogP contribution in [-0.2, 0) is 20.2 Å². The summed E-state index contributed by atoms with van der Waals surface area (Å²) >= 11 is 0. The molecule has 1 heterocycles. The van der Waals surface area contributed by atoms with Gasteiger partial charge in [-0.2, -0.15) is 5.10 Å². The van der Waals surface area contributed by atoms with E-state index < -0.39 is 0 Å². The summed E-state index contributed by atoms with van der Waals surface area (Å²) in [5.41, 5.74) is 2.10. The molecule has 0 fully saturated rings. The van der Waals surface area contributed by atoms with Crippen molar-refractivity contribution in [2.45, 2.75) is 13.2 Å². The van der Waals surface area contributed by atoms with Gasteiger partial charge in [0.2, 0.25) is 0 Å². The van der Waals surface area contributed by atoms with Gasteiger partial charge in [0, 0.05) is 32.4 Å². The Hall–Kier alpha value is -1.88. The van der Waals surface area contributed by atoms with Crippen LogP contribution in [0, 0.1) is 5.82 Å². The molecule has 0 radical (unpaired) electrons. The summed E-state index contributed by atoms with van der Waals surface area (Å²) < 4.78 is 15.5. The van der Waals surface area contributed by atoms with Crippen LogP contribution in [0.3, 0.4) is 0 Å². The van der Waals surface area contributed by atoms with Crippen molar-refractivity contribution in [2.24, 2.45) is 7.05 Å². The van der Waals surface area contributed by atoms with Crippen LogP contribution in [0.4, 0.5) is 10.1 Å². The average molecular weight is 249 g/mol. The van der Waals surface area contributed by atoms with Crippen molar-refractivity contribution in [1.29, 1.82) is 0 Å². The van der Waals surface area contributed by atoms with Crippen molar-refractivity contribution in [3.8, 4) is 0 Å². The van der Waals surface area contributed by atoms with E-state index in [2.05, 4.69) is 5.10 Å². The van der Waals surface area contributed by atoms with E-state index in [0.717, 1.165) is 5.56 Å². The van der Waals surface area contributed by atoms with E-state index in [1.165, 1.54) is 6.07 Å². The van der Waals surface area contributed by atoms with Crippen LogP contribution in [0.25, 0.3) is 0 Å². The molecule has 4 nitrogen and oxygen atoms in total. The topological polar surface area (TPSA) is 41.3 Å². The van der Waals surface area contributed by atoms with Gasteiger partial charge in [-0.05, 0) is 17.7 Å². The van der Waals surface area contributed by atoms with E-state index in [9.17, 15) is 4.39 Å². The lowest BCUT2D eigenvalue weighted by Crippen LogP contribution is -2.17. The summed E-state index contributed by atoms with van der Waals surface area (Å²) in [6.45, 7) is 0.437. The minimum absolute atomic E-state index is 0.149. The molecule has 2 rings (SSSR count). The molecule has 0 aliphatic heterocycles. The number of halogens is 1. The molecule has 18 heavy (non-hydrogen) atoms. The highest BCUT2D eigenvalue weighted by atomic mass is 19.1. The van der Waals surface area contributed by atoms with Crippen LogP contribution in [0.5, 0.6) is 0 Å². The number of aliphatic hydroxyl groups excluding tert-OH is 1. The monoisotopic (exact) mass is 249 g/mol. The maximum atomic E-state index is 13.8. The Balaban J connectivity index is 2.15. The first-order valence-electron chi connectivity index (χ1n) is 5.68. The SMILES string of the molecule is CN(Cc1cnn(C)c1)c1ccc(CO)cc1F. The number of hydrogen-bond donors (Lipinski definition) is 1. The molecule has 5 heteroatoms. The second-order valence-electron chi connectivity index (χ2n) is 4.32. The largest absolute Gasteiger partial charge is 0.392 e. The lowest BCUT2D eigenvalue weighted by molar-refractivity contribution is 0.281. The van der Waals surface area contributed by atoms with Crippen molar-refractivity contribution in [3.05, 3.63) is 47.5 Å². The standard InChI is InChI=1S/C13H16FN3O/c1-16(7-11-6-15-17(2)8-11)13-4-3-10(9-18)5-12(13)14/h3-6,8,18H,7,9H2,1-2H3. The third-order valence-electron chi connectivity index (χ3n) is 2.78. The normalized spacial score (nSPS) is 10.7. The molecule has 0 saturated heterocycles. The zero-order valence-corrected chi connectivity index (χ0v) is 10.5. The van der Waals surface area contributed by atoms with Gasteiger partial charge in [-0.3, -0.25) is 4.68 Å². The molecule has 1 aromatic carbocycles. The third kappa shape index (κ3) is 2.68. The quantitative estimate of drug-likeness (QED) is 0.896. The number of aromatic nitrogens is 2. The first-order valence-corrected chi connectivity index (χ1v) is 5.68. The number of hydrogen-bond acceptors (Lipinski definition) is 3. The number of aliphatic hydroxyl groups is 1.